The van der Waals surface area contributed by atoms with E-state index in [1.807, 2.05) is 41.8 Å². The minimum atomic E-state index is -1.29. The van der Waals surface area contributed by atoms with Gasteiger partial charge in [-0.15, -0.1) is 11.3 Å². The van der Waals surface area contributed by atoms with Gasteiger partial charge in [0.05, 0.1) is 19.9 Å². The van der Waals surface area contributed by atoms with Gasteiger partial charge < -0.3 is 9.47 Å². The maximum Gasteiger partial charge on any atom is 0.323 e. The van der Waals surface area contributed by atoms with Gasteiger partial charge in [0.15, 0.2) is 5.41 Å². The van der Waals surface area contributed by atoms with Crippen LogP contribution in [0.3, 0.4) is 0 Å². The molecule has 1 aliphatic carbocycles. The first-order valence-electron chi connectivity index (χ1n) is 7.46. The largest absolute Gasteiger partial charge is 0.468 e. The van der Waals surface area contributed by atoms with Crippen LogP contribution in [0.5, 0.6) is 0 Å². The molecule has 1 aliphatic rings. The Hall–Kier alpha value is -2.47. The molecule has 0 aliphatic heterocycles. The molecule has 1 heterocycles. The monoisotopic (exact) mass is 343 g/mol. The number of hydrogen-bond donors (Lipinski definition) is 0. The number of ether oxygens (including phenoxy) is 2. The van der Waals surface area contributed by atoms with Gasteiger partial charge in [-0.2, -0.15) is 0 Å². The Balaban J connectivity index is 1.99. The van der Waals surface area contributed by atoms with E-state index in [4.69, 9.17) is 9.47 Å². The number of para-hydroxylation sites is 1. The first kappa shape index (κ1) is 16.4. The molecule has 6 heteroatoms. The SMILES string of the molecule is COC(=O)C1(C(=O)OC)Cc2csc(=Nc3ccccc3)cc2C1. The third-order valence-electron chi connectivity index (χ3n) is 4.16. The smallest absolute Gasteiger partial charge is 0.323 e. The van der Waals surface area contributed by atoms with Gasteiger partial charge in [0, 0.05) is 6.42 Å². The standard InChI is InChI=1S/C18H17NO4S/c1-22-16(20)18(17(21)23-2)9-12-8-15(24-11-13(12)10-18)19-14-6-4-3-5-7-14/h3-8,11H,9-10H2,1-2H3. The van der Waals surface area contributed by atoms with Crippen LogP contribution in [0, 0.1) is 5.41 Å². The number of nitrogens with zero attached hydrogens (tertiary/aromatic N) is 1. The van der Waals surface area contributed by atoms with E-state index in [0.717, 1.165) is 21.5 Å². The van der Waals surface area contributed by atoms with Crippen molar-refractivity contribution < 1.29 is 19.1 Å². The van der Waals surface area contributed by atoms with Gasteiger partial charge in [-0.05, 0) is 41.1 Å². The van der Waals surface area contributed by atoms with Gasteiger partial charge in [-0.25, -0.2) is 4.99 Å². The average molecular weight is 343 g/mol. The van der Waals surface area contributed by atoms with E-state index in [1.165, 1.54) is 25.6 Å². The fraction of sp³-hybridized carbons (Fsp3) is 0.278. The van der Waals surface area contributed by atoms with Crippen LogP contribution < -0.4 is 4.67 Å². The van der Waals surface area contributed by atoms with Crippen molar-refractivity contribution in [2.75, 3.05) is 14.2 Å². The van der Waals surface area contributed by atoms with Crippen LogP contribution in [0.2, 0.25) is 0 Å². The maximum absolute atomic E-state index is 12.2. The summed E-state index contributed by atoms with van der Waals surface area (Å²) in [6.07, 6.45) is 0.566. The fourth-order valence-electron chi connectivity index (χ4n) is 2.97. The molecule has 5 nitrogen and oxygen atoms in total. The summed E-state index contributed by atoms with van der Waals surface area (Å²) < 4.78 is 10.5. The topological polar surface area (TPSA) is 65.0 Å². The van der Waals surface area contributed by atoms with Gasteiger partial charge in [-0.3, -0.25) is 9.59 Å². The highest BCUT2D eigenvalue weighted by Gasteiger charge is 2.52. The van der Waals surface area contributed by atoms with Crippen molar-refractivity contribution in [3.05, 3.63) is 57.6 Å². The van der Waals surface area contributed by atoms with Crippen LogP contribution in [-0.4, -0.2) is 26.2 Å². The van der Waals surface area contributed by atoms with Crippen LogP contribution in [0.15, 0.2) is 46.8 Å². The molecular weight excluding hydrogens is 326 g/mol. The highest BCUT2D eigenvalue weighted by Crippen LogP contribution is 2.39. The Bertz CT molecular complexity index is 826. The van der Waals surface area contributed by atoms with Crippen molar-refractivity contribution in [3.8, 4) is 0 Å². The van der Waals surface area contributed by atoms with Crippen molar-refractivity contribution in [1.82, 2.24) is 0 Å². The van der Waals surface area contributed by atoms with E-state index in [1.54, 1.807) is 0 Å². The zero-order valence-corrected chi connectivity index (χ0v) is 14.3. The quantitative estimate of drug-likeness (QED) is 0.634. The van der Waals surface area contributed by atoms with Gasteiger partial charge >= 0.3 is 11.9 Å². The van der Waals surface area contributed by atoms with E-state index in [0.29, 0.717) is 6.42 Å². The van der Waals surface area contributed by atoms with Gasteiger partial charge in [0.2, 0.25) is 0 Å². The van der Waals surface area contributed by atoms with E-state index in [9.17, 15) is 9.59 Å². The molecule has 0 saturated carbocycles. The van der Waals surface area contributed by atoms with Crippen LogP contribution in [0.4, 0.5) is 5.69 Å². The van der Waals surface area contributed by atoms with Crippen LogP contribution in [0.25, 0.3) is 0 Å². The Morgan fingerprint density at radius 1 is 1.04 bits per heavy atom. The molecule has 0 saturated heterocycles. The zero-order valence-electron chi connectivity index (χ0n) is 13.4. The lowest BCUT2D eigenvalue weighted by molar-refractivity contribution is -0.168. The number of carbonyl (C=O) groups excluding carboxylic acids is 2. The lowest BCUT2D eigenvalue weighted by Crippen LogP contribution is -2.42. The molecule has 124 valence electrons. The molecule has 0 radical (unpaired) electrons. The molecular formula is C18H17NO4S. The van der Waals surface area contributed by atoms with Crippen molar-refractivity contribution in [2.24, 2.45) is 10.4 Å². The minimum Gasteiger partial charge on any atom is -0.468 e. The molecule has 0 amide bonds. The molecule has 0 spiro atoms. The molecule has 24 heavy (non-hydrogen) atoms. The summed E-state index contributed by atoms with van der Waals surface area (Å²) in [4.78, 5) is 29.1. The number of methoxy groups -OCH3 is 2. The molecule has 1 aromatic heterocycles. The summed E-state index contributed by atoms with van der Waals surface area (Å²) in [6.45, 7) is 0. The Kier molecular flexibility index (Phi) is 4.49. The van der Waals surface area contributed by atoms with Gasteiger partial charge in [0.25, 0.3) is 0 Å². The fourth-order valence-corrected chi connectivity index (χ4v) is 3.83. The average Bonchev–Trinajstić information content (AvgIpc) is 3.01. The zero-order chi connectivity index (χ0) is 17.2. The number of hydrogen-bond acceptors (Lipinski definition) is 6. The summed E-state index contributed by atoms with van der Waals surface area (Å²) in [7, 11) is 2.57. The van der Waals surface area contributed by atoms with Crippen LogP contribution in [-0.2, 0) is 31.9 Å². The van der Waals surface area contributed by atoms with Crippen molar-refractivity contribution in [3.63, 3.8) is 0 Å². The first-order valence-corrected chi connectivity index (χ1v) is 8.34. The number of rotatable bonds is 3. The number of benzene rings is 1. The summed E-state index contributed by atoms with van der Waals surface area (Å²) in [5, 5.41) is 1.95. The van der Waals surface area contributed by atoms with Crippen LogP contribution >= 0.6 is 11.3 Å². The molecule has 1 aromatic carbocycles. The van der Waals surface area contributed by atoms with Crippen LogP contribution in [0.1, 0.15) is 11.1 Å². The van der Waals surface area contributed by atoms with E-state index >= 15 is 0 Å². The first-order chi connectivity index (χ1) is 11.6. The second-order valence-corrected chi connectivity index (χ2v) is 6.52. The summed E-state index contributed by atoms with van der Waals surface area (Å²) in [6, 6.07) is 11.6. The second-order valence-electron chi connectivity index (χ2n) is 5.63. The Morgan fingerprint density at radius 2 is 1.67 bits per heavy atom. The van der Waals surface area contributed by atoms with E-state index < -0.39 is 17.4 Å². The normalized spacial score (nSPS) is 15.7. The molecule has 0 fully saturated rings. The summed E-state index contributed by atoms with van der Waals surface area (Å²) in [5.41, 5.74) is 1.46. The van der Waals surface area contributed by atoms with E-state index in [-0.39, 0.29) is 6.42 Å². The van der Waals surface area contributed by atoms with Crippen molar-refractivity contribution >= 4 is 29.0 Å². The Labute approximate surface area is 143 Å². The van der Waals surface area contributed by atoms with Gasteiger partial charge in [0.1, 0.15) is 4.67 Å². The highest BCUT2D eigenvalue weighted by molar-refractivity contribution is 7.07. The molecule has 0 atom stereocenters. The molecule has 3 rings (SSSR count). The maximum atomic E-state index is 12.2. The Morgan fingerprint density at radius 3 is 2.29 bits per heavy atom. The number of esters is 2. The second kappa shape index (κ2) is 6.57. The third-order valence-corrected chi connectivity index (χ3v) is 5.02. The van der Waals surface area contributed by atoms with Crippen molar-refractivity contribution in [2.45, 2.75) is 12.8 Å². The lowest BCUT2D eigenvalue weighted by atomic mass is 9.85. The predicted octanol–water partition coefficient (Wildman–Crippen LogP) is 2.41. The molecule has 0 bridgehead atoms. The predicted molar refractivity (Wildman–Crippen MR) is 89.9 cm³/mol. The molecule has 0 N–H and O–H groups in total. The summed E-state index contributed by atoms with van der Waals surface area (Å²) >= 11 is 1.48. The van der Waals surface area contributed by atoms with E-state index in [2.05, 4.69) is 4.99 Å². The third kappa shape index (κ3) is 2.85. The highest BCUT2D eigenvalue weighted by atomic mass is 32.1. The molecule has 0 unspecified atom stereocenters. The number of fused-ring (bicyclic) bond motifs is 1. The summed E-state index contributed by atoms with van der Waals surface area (Å²) in [5.74, 6) is -1.12. The van der Waals surface area contributed by atoms with Gasteiger partial charge in [-0.1, -0.05) is 18.2 Å². The number of carbonyl (C=O) groups is 2. The lowest BCUT2D eigenvalue weighted by Gasteiger charge is -2.22. The van der Waals surface area contributed by atoms with Crippen molar-refractivity contribution in [1.29, 1.82) is 0 Å². The minimum absolute atomic E-state index is 0.270. The molecule has 2 aromatic rings.